The quantitative estimate of drug-likeness (QED) is 0.804. The molecule has 0 spiro atoms. The minimum Gasteiger partial charge on any atom is -0.376 e. The molecule has 98 valence electrons. The predicted molar refractivity (Wildman–Crippen MR) is 77.9 cm³/mol. The van der Waals surface area contributed by atoms with E-state index in [4.69, 9.17) is 6.42 Å². The molecule has 18 heavy (non-hydrogen) atoms. The third-order valence-corrected chi connectivity index (χ3v) is 3.25. The van der Waals surface area contributed by atoms with Crippen LogP contribution in [0.3, 0.4) is 0 Å². The summed E-state index contributed by atoms with van der Waals surface area (Å²) in [6.45, 7) is 10.6. The summed E-state index contributed by atoms with van der Waals surface area (Å²) < 4.78 is 0. The number of anilines is 1. The van der Waals surface area contributed by atoms with Crippen LogP contribution in [0.4, 0.5) is 5.69 Å². The molecule has 0 saturated carbocycles. The van der Waals surface area contributed by atoms with Gasteiger partial charge in [0.25, 0.3) is 0 Å². The Balaban J connectivity index is 3.25. The van der Waals surface area contributed by atoms with E-state index in [-0.39, 0.29) is 0 Å². The smallest absolute Gasteiger partial charge is 0.139 e. The molecular formula is C16H23NO. The summed E-state index contributed by atoms with van der Waals surface area (Å²) >= 11 is 0. The summed E-state index contributed by atoms with van der Waals surface area (Å²) in [4.78, 5) is 2.32. The average molecular weight is 245 g/mol. The molecule has 0 aromatic heterocycles. The average Bonchev–Trinajstić information content (AvgIpc) is 2.39. The van der Waals surface area contributed by atoms with Gasteiger partial charge in [0.05, 0.1) is 0 Å². The molecule has 0 amide bonds. The van der Waals surface area contributed by atoms with Gasteiger partial charge in [-0.25, -0.2) is 0 Å². The van der Waals surface area contributed by atoms with E-state index in [1.165, 1.54) is 11.3 Å². The van der Waals surface area contributed by atoms with Crippen molar-refractivity contribution in [2.75, 3.05) is 18.0 Å². The zero-order valence-corrected chi connectivity index (χ0v) is 11.8. The molecule has 0 bridgehead atoms. The number of benzene rings is 1. The monoisotopic (exact) mass is 245 g/mol. The number of aliphatic hydroxyl groups is 1. The van der Waals surface area contributed by atoms with Crippen molar-refractivity contribution in [2.45, 2.75) is 39.7 Å². The zero-order chi connectivity index (χ0) is 13.7. The number of rotatable bonds is 5. The topological polar surface area (TPSA) is 23.5 Å². The first-order valence-corrected chi connectivity index (χ1v) is 6.58. The standard InChI is InChI=1S/C16H23NO/c1-6-16(18)13-9-10-15(17(7-2)8-3)14(11-13)12(4)5/h1,9-12,16,18H,7-8H2,2-5H3. The highest BCUT2D eigenvalue weighted by molar-refractivity contribution is 5.57. The summed E-state index contributed by atoms with van der Waals surface area (Å²) in [5.74, 6) is 2.77. The van der Waals surface area contributed by atoms with E-state index >= 15 is 0 Å². The maximum Gasteiger partial charge on any atom is 0.139 e. The third kappa shape index (κ3) is 3.05. The zero-order valence-electron chi connectivity index (χ0n) is 11.8. The first-order valence-electron chi connectivity index (χ1n) is 6.58. The lowest BCUT2D eigenvalue weighted by atomic mass is 9.96. The summed E-state index contributed by atoms with van der Waals surface area (Å²) in [6.07, 6.45) is 4.46. The van der Waals surface area contributed by atoms with Gasteiger partial charge in [0.1, 0.15) is 6.10 Å². The lowest BCUT2D eigenvalue weighted by molar-refractivity contribution is 0.238. The van der Waals surface area contributed by atoms with Gasteiger partial charge >= 0.3 is 0 Å². The Morgan fingerprint density at radius 2 is 1.89 bits per heavy atom. The predicted octanol–water partition coefficient (Wildman–Crippen LogP) is 3.32. The second-order valence-corrected chi connectivity index (χ2v) is 4.71. The van der Waals surface area contributed by atoms with E-state index in [1.807, 2.05) is 12.1 Å². The van der Waals surface area contributed by atoms with Crippen molar-refractivity contribution < 1.29 is 5.11 Å². The van der Waals surface area contributed by atoms with Crippen molar-refractivity contribution in [1.29, 1.82) is 0 Å². The summed E-state index contributed by atoms with van der Waals surface area (Å²) in [7, 11) is 0. The molecular weight excluding hydrogens is 222 g/mol. The van der Waals surface area contributed by atoms with Crippen LogP contribution in [0.5, 0.6) is 0 Å². The molecule has 0 aliphatic rings. The Kier molecular flexibility index (Phi) is 5.25. The summed E-state index contributed by atoms with van der Waals surface area (Å²) in [5, 5.41) is 9.73. The van der Waals surface area contributed by atoms with Gasteiger partial charge in [-0.1, -0.05) is 25.8 Å². The van der Waals surface area contributed by atoms with Crippen LogP contribution in [-0.2, 0) is 0 Å². The normalized spacial score (nSPS) is 12.3. The van der Waals surface area contributed by atoms with Crippen LogP contribution >= 0.6 is 0 Å². The van der Waals surface area contributed by atoms with E-state index in [0.717, 1.165) is 18.7 Å². The molecule has 1 unspecified atom stereocenters. The molecule has 2 heteroatoms. The Morgan fingerprint density at radius 3 is 2.33 bits per heavy atom. The van der Waals surface area contributed by atoms with Gasteiger partial charge in [0.2, 0.25) is 0 Å². The van der Waals surface area contributed by atoms with Crippen LogP contribution in [0.15, 0.2) is 18.2 Å². The summed E-state index contributed by atoms with van der Waals surface area (Å²) in [5.41, 5.74) is 3.28. The van der Waals surface area contributed by atoms with Crippen LogP contribution in [0.2, 0.25) is 0 Å². The van der Waals surface area contributed by atoms with Crippen molar-refractivity contribution >= 4 is 5.69 Å². The van der Waals surface area contributed by atoms with Crippen LogP contribution in [0.25, 0.3) is 0 Å². The molecule has 1 aromatic rings. The molecule has 1 N–H and O–H groups in total. The third-order valence-electron chi connectivity index (χ3n) is 3.25. The lowest BCUT2D eigenvalue weighted by Gasteiger charge is -2.26. The molecule has 0 heterocycles. The van der Waals surface area contributed by atoms with Crippen molar-refractivity contribution in [2.24, 2.45) is 0 Å². The van der Waals surface area contributed by atoms with Crippen LogP contribution in [-0.4, -0.2) is 18.2 Å². The Morgan fingerprint density at radius 1 is 1.28 bits per heavy atom. The Hall–Kier alpha value is -1.46. The first-order chi connectivity index (χ1) is 8.54. The van der Waals surface area contributed by atoms with Crippen LogP contribution in [0.1, 0.15) is 50.8 Å². The Bertz CT molecular complexity index is 427. The van der Waals surface area contributed by atoms with E-state index in [2.05, 4.69) is 44.6 Å². The van der Waals surface area contributed by atoms with Gasteiger partial charge in [-0.2, -0.15) is 0 Å². The van der Waals surface area contributed by atoms with Gasteiger partial charge in [0, 0.05) is 18.8 Å². The highest BCUT2D eigenvalue weighted by Gasteiger charge is 2.14. The van der Waals surface area contributed by atoms with Crippen molar-refractivity contribution in [3.05, 3.63) is 29.3 Å². The largest absolute Gasteiger partial charge is 0.376 e. The minimum atomic E-state index is -0.812. The molecule has 2 nitrogen and oxygen atoms in total. The highest BCUT2D eigenvalue weighted by Crippen LogP contribution is 2.30. The number of aliphatic hydroxyl groups excluding tert-OH is 1. The Labute approximate surface area is 111 Å². The number of hydrogen-bond donors (Lipinski definition) is 1. The molecule has 1 rings (SSSR count). The van der Waals surface area contributed by atoms with Gasteiger partial charge in [0.15, 0.2) is 0 Å². The number of nitrogens with zero attached hydrogens (tertiary/aromatic N) is 1. The number of terminal acetylenes is 1. The fourth-order valence-corrected chi connectivity index (χ4v) is 2.15. The molecule has 1 aromatic carbocycles. The van der Waals surface area contributed by atoms with E-state index < -0.39 is 6.10 Å². The summed E-state index contributed by atoms with van der Waals surface area (Å²) in [6, 6.07) is 6.02. The fraction of sp³-hybridized carbons (Fsp3) is 0.500. The molecule has 1 atom stereocenters. The second-order valence-electron chi connectivity index (χ2n) is 4.71. The van der Waals surface area contributed by atoms with E-state index in [9.17, 15) is 5.11 Å². The molecule has 0 fully saturated rings. The molecule has 0 aliphatic carbocycles. The minimum absolute atomic E-state index is 0.408. The van der Waals surface area contributed by atoms with Crippen molar-refractivity contribution in [3.8, 4) is 12.3 Å². The number of hydrogen-bond acceptors (Lipinski definition) is 2. The second kappa shape index (κ2) is 6.47. The van der Waals surface area contributed by atoms with Crippen molar-refractivity contribution in [3.63, 3.8) is 0 Å². The fourth-order valence-electron chi connectivity index (χ4n) is 2.15. The van der Waals surface area contributed by atoms with E-state index in [0.29, 0.717) is 5.92 Å². The van der Waals surface area contributed by atoms with Gasteiger partial charge in [-0.15, -0.1) is 6.42 Å². The van der Waals surface area contributed by atoms with Gasteiger partial charge < -0.3 is 10.0 Å². The van der Waals surface area contributed by atoms with Crippen LogP contribution in [0, 0.1) is 12.3 Å². The SMILES string of the molecule is C#CC(O)c1ccc(N(CC)CC)c(C(C)C)c1. The maximum absolute atomic E-state index is 9.73. The van der Waals surface area contributed by atoms with Crippen LogP contribution < -0.4 is 4.90 Å². The van der Waals surface area contributed by atoms with E-state index in [1.54, 1.807) is 0 Å². The molecule has 0 saturated heterocycles. The molecule has 0 radical (unpaired) electrons. The van der Waals surface area contributed by atoms with Crippen molar-refractivity contribution in [1.82, 2.24) is 0 Å². The highest BCUT2D eigenvalue weighted by atomic mass is 16.3. The first kappa shape index (κ1) is 14.6. The molecule has 0 aliphatic heterocycles. The van der Waals surface area contributed by atoms with Gasteiger partial charge in [-0.05, 0) is 43.0 Å². The maximum atomic E-state index is 9.73. The lowest BCUT2D eigenvalue weighted by Crippen LogP contribution is -2.23. The van der Waals surface area contributed by atoms with Gasteiger partial charge in [-0.3, -0.25) is 0 Å².